The number of hydrogen-bond acceptors (Lipinski definition) is 3. The van der Waals surface area contributed by atoms with Crippen molar-refractivity contribution in [2.75, 3.05) is 20.6 Å². The highest BCUT2D eigenvalue weighted by molar-refractivity contribution is 7.09. The third-order valence-electron chi connectivity index (χ3n) is 3.29. The molecule has 0 radical (unpaired) electrons. The molecule has 0 fully saturated rings. The molecule has 0 unspecified atom stereocenters. The lowest BCUT2D eigenvalue weighted by Crippen LogP contribution is -2.33. The van der Waals surface area contributed by atoms with Gasteiger partial charge in [0.1, 0.15) is 5.82 Å². The molecule has 0 amide bonds. The SMILES string of the molecule is CN(C)Cc1ccc(CN=C(N)NCCc2cccs2)cc1F. The van der Waals surface area contributed by atoms with Gasteiger partial charge in [0.25, 0.3) is 0 Å². The van der Waals surface area contributed by atoms with Crippen LogP contribution in [0.1, 0.15) is 16.0 Å². The van der Waals surface area contributed by atoms with Gasteiger partial charge in [-0.15, -0.1) is 11.3 Å². The van der Waals surface area contributed by atoms with E-state index in [1.807, 2.05) is 31.1 Å². The van der Waals surface area contributed by atoms with Crippen molar-refractivity contribution < 1.29 is 4.39 Å². The molecule has 1 aromatic heterocycles. The van der Waals surface area contributed by atoms with E-state index >= 15 is 0 Å². The molecule has 6 heteroatoms. The van der Waals surface area contributed by atoms with Crippen molar-refractivity contribution in [3.63, 3.8) is 0 Å². The Kier molecular flexibility index (Phi) is 6.55. The Balaban J connectivity index is 1.82. The van der Waals surface area contributed by atoms with Crippen LogP contribution in [0.4, 0.5) is 4.39 Å². The van der Waals surface area contributed by atoms with Crippen LogP contribution in [-0.4, -0.2) is 31.5 Å². The predicted octanol–water partition coefficient (Wildman–Crippen LogP) is 2.60. The summed E-state index contributed by atoms with van der Waals surface area (Å²) in [5, 5.41) is 5.13. The summed E-state index contributed by atoms with van der Waals surface area (Å²) in [7, 11) is 3.83. The van der Waals surface area contributed by atoms with Crippen LogP contribution in [0.5, 0.6) is 0 Å². The van der Waals surface area contributed by atoms with Crippen LogP contribution in [0.15, 0.2) is 40.7 Å². The molecule has 4 nitrogen and oxygen atoms in total. The molecule has 0 aliphatic rings. The normalized spacial score (nSPS) is 11.9. The predicted molar refractivity (Wildman–Crippen MR) is 95.1 cm³/mol. The molecule has 0 saturated carbocycles. The quantitative estimate of drug-likeness (QED) is 0.604. The number of rotatable bonds is 7. The zero-order valence-electron chi connectivity index (χ0n) is 13.6. The fourth-order valence-electron chi connectivity index (χ4n) is 2.16. The smallest absolute Gasteiger partial charge is 0.188 e. The van der Waals surface area contributed by atoms with Crippen LogP contribution in [0.25, 0.3) is 0 Å². The molecule has 0 spiro atoms. The highest BCUT2D eigenvalue weighted by atomic mass is 32.1. The Morgan fingerprint density at radius 3 is 2.83 bits per heavy atom. The number of nitrogens with zero attached hydrogens (tertiary/aromatic N) is 2. The van der Waals surface area contributed by atoms with Gasteiger partial charge in [0.15, 0.2) is 5.96 Å². The molecule has 0 saturated heterocycles. The van der Waals surface area contributed by atoms with Crippen molar-refractivity contribution in [2.24, 2.45) is 10.7 Å². The van der Waals surface area contributed by atoms with Crippen molar-refractivity contribution in [3.8, 4) is 0 Å². The molecule has 0 aliphatic heterocycles. The largest absolute Gasteiger partial charge is 0.370 e. The van der Waals surface area contributed by atoms with Crippen molar-refractivity contribution in [3.05, 3.63) is 57.5 Å². The van der Waals surface area contributed by atoms with E-state index in [0.717, 1.165) is 18.5 Å². The third kappa shape index (κ3) is 6.00. The molecule has 1 heterocycles. The van der Waals surface area contributed by atoms with Crippen molar-refractivity contribution in [1.29, 1.82) is 0 Å². The number of guanidine groups is 1. The molecule has 23 heavy (non-hydrogen) atoms. The van der Waals surface area contributed by atoms with Crippen molar-refractivity contribution in [1.82, 2.24) is 10.2 Å². The molecular formula is C17H23FN4S. The number of halogens is 1. The number of hydrogen-bond donors (Lipinski definition) is 2. The third-order valence-corrected chi connectivity index (χ3v) is 4.23. The maximum absolute atomic E-state index is 14.0. The minimum Gasteiger partial charge on any atom is -0.370 e. The second kappa shape index (κ2) is 8.64. The summed E-state index contributed by atoms with van der Waals surface area (Å²) in [6, 6.07) is 9.36. The van der Waals surface area contributed by atoms with E-state index in [0.29, 0.717) is 24.6 Å². The van der Waals surface area contributed by atoms with Gasteiger partial charge < -0.3 is 16.0 Å². The minimum atomic E-state index is -0.198. The van der Waals surface area contributed by atoms with Gasteiger partial charge in [0, 0.05) is 23.5 Å². The lowest BCUT2D eigenvalue weighted by Gasteiger charge is -2.11. The van der Waals surface area contributed by atoms with Crippen LogP contribution < -0.4 is 11.1 Å². The fraction of sp³-hybridized carbons (Fsp3) is 0.353. The number of thiophene rings is 1. The van der Waals surface area contributed by atoms with E-state index in [1.54, 1.807) is 17.4 Å². The summed E-state index contributed by atoms with van der Waals surface area (Å²) in [4.78, 5) is 7.50. The monoisotopic (exact) mass is 334 g/mol. The average molecular weight is 334 g/mol. The summed E-state index contributed by atoms with van der Waals surface area (Å²) in [6.45, 7) is 1.70. The van der Waals surface area contributed by atoms with E-state index < -0.39 is 0 Å². The van der Waals surface area contributed by atoms with Crippen molar-refractivity contribution >= 4 is 17.3 Å². The van der Waals surface area contributed by atoms with Crippen LogP contribution in [0.3, 0.4) is 0 Å². The van der Waals surface area contributed by atoms with E-state index in [9.17, 15) is 4.39 Å². The number of benzene rings is 1. The highest BCUT2D eigenvalue weighted by Crippen LogP contribution is 2.13. The van der Waals surface area contributed by atoms with E-state index in [1.165, 1.54) is 10.9 Å². The number of nitrogens with two attached hydrogens (primary N) is 1. The van der Waals surface area contributed by atoms with Gasteiger partial charge in [-0.2, -0.15) is 0 Å². The van der Waals surface area contributed by atoms with Gasteiger partial charge >= 0.3 is 0 Å². The second-order valence-electron chi connectivity index (χ2n) is 5.62. The van der Waals surface area contributed by atoms with Crippen LogP contribution in [0, 0.1) is 5.82 Å². The first-order valence-corrected chi connectivity index (χ1v) is 8.41. The maximum atomic E-state index is 14.0. The zero-order chi connectivity index (χ0) is 16.7. The first-order valence-electron chi connectivity index (χ1n) is 7.53. The van der Waals surface area contributed by atoms with Crippen molar-refractivity contribution in [2.45, 2.75) is 19.5 Å². The second-order valence-corrected chi connectivity index (χ2v) is 6.65. The average Bonchev–Trinajstić information content (AvgIpc) is 3.00. The molecule has 2 rings (SSSR count). The Hall–Kier alpha value is -1.92. The molecule has 0 aliphatic carbocycles. The van der Waals surface area contributed by atoms with Gasteiger partial charge in [-0.1, -0.05) is 18.2 Å². The molecule has 0 bridgehead atoms. The number of aliphatic imine (C=N–C) groups is 1. The van der Waals surface area contributed by atoms with Gasteiger partial charge in [0.05, 0.1) is 6.54 Å². The fourth-order valence-corrected chi connectivity index (χ4v) is 2.87. The van der Waals surface area contributed by atoms with E-state index in [4.69, 9.17) is 5.73 Å². The standard InChI is InChI=1S/C17H23FN4S/c1-22(2)12-14-6-5-13(10-16(14)18)11-21-17(19)20-8-7-15-4-3-9-23-15/h3-6,9-10H,7-8,11-12H2,1-2H3,(H3,19,20,21). The molecule has 0 atom stereocenters. The van der Waals surface area contributed by atoms with Crippen LogP contribution >= 0.6 is 11.3 Å². The van der Waals surface area contributed by atoms with Gasteiger partial charge in [-0.3, -0.25) is 0 Å². The highest BCUT2D eigenvalue weighted by Gasteiger charge is 2.04. The van der Waals surface area contributed by atoms with Crippen LogP contribution in [0.2, 0.25) is 0 Å². The maximum Gasteiger partial charge on any atom is 0.188 e. The molecule has 3 N–H and O–H groups in total. The molecule has 2 aromatic rings. The minimum absolute atomic E-state index is 0.198. The van der Waals surface area contributed by atoms with E-state index in [2.05, 4.69) is 21.8 Å². The molecule has 124 valence electrons. The summed E-state index contributed by atoms with van der Waals surface area (Å²) < 4.78 is 14.0. The van der Waals surface area contributed by atoms with Gasteiger partial charge in [-0.05, 0) is 43.6 Å². The van der Waals surface area contributed by atoms with Gasteiger partial charge in [-0.25, -0.2) is 9.38 Å². The van der Waals surface area contributed by atoms with Gasteiger partial charge in [0.2, 0.25) is 0 Å². The summed E-state index contributed by atoms with van der Waals surface area (Å²) >= 11 is 1.73. The van der Waals surface area contributed by atoms with Crippen LogP contribution in [-0.2, 0) is 19.5 Å². The Bertz CT molecular complexity index is 638. The van der Waals surface area contributed by atoms with E-state index in [-0.39, 0.29) is 5.82 Å². The lowest BCUT2D eigenvalue weighted by molar-refractivity contribution is 0.392. The topological polar surface area (TPSA) is 53.6 Å². The first kappa shape index (κ1) is 17.4. The molecule has 1 aromatic carbocycles. The number of nitrogens with one attached hydrogen (secondary N) is 1. The first-order chi connectivity index (χ1) is 11.0. The summed E-state index contributed by atoms with van der Waals surface area (Å²) in [5.41, 5.74) is 7.33. The lowest BCUT2D eigenvalue weighted by atomic mass is 10.1. The Morgan fingerprint density at radius 2 is 2.17 bits per heavy atom. The Labute approximate surface area is 140 Å². The molecular weight excluding hydrogens is 311 g/mol. The summed E-state index contributed by atoms with van der Waals surface area (Å²) in [6.07, 6.45) is 0.918. The Morgan fingerprint density at radius 1 is 1.35 bits per heavy atom. The zero-order valence-corrected chi connectivity index (χ0v) is 14.4. The summed E-state index contributed by atoms with van der Waals surface area (Å²) in [5.74, 6) is 0.190.